The lowest BCUT2D eigenvalue weighted by molar-refractivity contribution is -0.526. The molecule has 4 nitrogen and oxygen atoms in total. The molecule has 1 atom stereocenters. The highest BCUT2D eigenvalue weighted by Gasteiger charge is 2.17. The Balaban J connectivity index is 3.13. The predicted octanol–water partition coefficient (Wildman–Crippen LogP) is 5.50. The minimum Gasteiger partial charge on any atom is -0.389 e. The largest absolute Gasteiger partial charge is 0.389 e. The smallest absolute Gasteiger partial charge is 0.235 e. The normalized spacial score (nSPS) is 12.5. The maximum Gasteiger partial charge on any atom is 0.235 e. The monoisotopic (exact) mass is 315 g/mol. The number of hydrogen-bond acceptors (Lipinski definition) is 3. The van der Waals surface area contributed by atoms with Crippen molar-refractivity contribution in [1.29, 1.82) is 0 Å². The van der Waals surface area contributed by atoms with Crippen molar-refractivity contribution in [3.8, 4) is 0 Å². The third-order valence-electron chi connectivity index (χ3n) is 4.40. The Morgan fingerprint density at radius 3 is 1.45 bits per heavy atom. The Morgan fingerprint density at radius 1 is 0.773 bits per heavy atom. The second-order valence-electron chi connectivity index (χ2n) is 6.51. The first-order valence-corrected chi connectivity index (χ1v) is 9.46. The molecular formula is C18H37NO3. The van der Waals surface area contributed by atoms with Gasteiger partial charge < -0.3 is 5.11 Å². The van der Waals surface area contributed by atoms with Crippen LogP contribution in [0.25, 0.3) is 0 Å². The highest BCUT2D eigenvalue weighted by atomic mass is 16.6. The SMILES string of the molecule is CCCCCCCCCCCCCCCCC(CO)[N+](=O)[O-]. The molecule has 0 radical (unpaired) electrons. The van der Waals surface area contributed by atoms with E-state index in [2.05, 4.69) is 6.92 Å². The van der Waals surface area contributed by atoms with Gasteiger partial charge in [-0.15, -0.1) is 0 Å². The number of nitrogens with zero attached hydrogens (tertiary/aromatic N) is 1. The van der Waals surface area contributed by atoms with Crippen LogP contribution in [0.4, 0.5) is 0 Å². The number of unbranched alkanes of at least 4 members (excludes halogenated alkanes) is 13. The Hall–Kier alpha value is -0.640. The van der Waals surface area contributed by atoms with E-state index in [0.717, 1.165) is 12.8 Å². The predicted molar refractivity (Wildman–Crippen MR) is 92.8 cm³/mol. The summed E-state index contributed by atoms with van der Waals surface area (Å²) in [6.07, 6.45) is 18.6. The van der Waals surface area contributed by atoms with Crippen LogP contribution in [0.5, 0.6) is 0 Å². The molecule has 0 bridgehead atoms. The lowest BCUT2D eigenvalue weighted by Gasteiger charge is -2.06. The summed E-state index contributed by atoms with van der Waals surface area (Å²) in [7, 11) is 0. The van der Waals surface area contributed by atoms with Gasteiger partial charge >= 0.3 is 0 Å². The van der Waals surface area contributed by atoms with E-state index >= 15 is 0 Å². The minimum absolute atomic E-state index is 0.328. The van der Waals surface area contributed by atoms with Crippen LogP contribution < -0.4 is 0 Å². The van der Waals surface area contributed by atoms with Gasteiger partial charge in [0.1, 0.15) is 6.61 Å². The molecule has 22 heavy (non-hydrogen) atoms. The Morgan fingerprint density at radius 2 is 1.14 bits per heavy atom. The van der Waals surface area contributed by atoms with Crippen LogP contribution in [0.3, 0.4) is 0 Å². The van der Waals surface area contributed by atoms with Gasteiger partial charge in [0, 0.05) is 11.3 Å². The second kappa shape index (κ2) is 16.7. The average Bonchev–Trinajstić information content (AvgIpc) is 2.51. The summed E-state index contributed by atoms with van der Waals surface area (Å²) < 4.78 is 0. The molecule has 0 aliphatic rings. The van der Waals surface area contributed by atoms with E-state index in [4.69, 9.17) is 5.11 Å². The van der Waals surface area contributed by atoms with Gasteiger partial charge in [0.15, 0.2) is 0 Å². The third-order valence-corrected chi connectivity index (χ3v) is 4.40. The van der Waals surface area contributed by atoms with Gasteiger partial charge in [-0.1, -0.05) is 90.4 Å². The van der Waals surface area contributed by atoms with Crippen molar-refractivity contribution >= 4 is 0 Å². The third kappa shape index (κ3) is 14.3. The number of aliphatic hydroxyl groups is 1. The molecule has 0 aromatic carbocycles. The van der Waals surface area contributed by atoms with E-state index in [1.807, 2.05) is 0 Å². The van der Waals surface area contributed by atoms with Crippen LogP contribution in [0.2, 0.25) is 0 Å². The fourth-order valence-corrected chi connectivity index (χ4v) is 2.84. The first kappa shape index (κ1) is 21.4. The molecule has 0 saturated carbocycles. The molecule has 1 unspecified atom stereocenters. The number of aliphatic hydroxyl groups excluding tert-OH is 1. The summed E-state index contributed by atoms with van der Waals surface area (Å²) in [4.78, 5) is 10.2. The van der Waals surface area contributed by atoms with Crippen molar-refractivity contribution in [2.75, 3.05) is 6.61 Å². The number of nitro groups is 1. The summed E-state index contributed by atoms with van der Waals surface area (Å²) in [6, 6.07) is -0.752. The number of rotatable bonds is 17. The van der Waals surface area contributed by atoms with E-state index < -0.39 is 6.04 Å². The van der Waals surface area contributed by atoms with Crippen LogP contribution in [0.1, 0.15) is 103 Å². The fraction of sp³-hybridized carbons (Fsp3) is 1.00. The zero-order chi connectivity index (χ0) is 16.5. The van der Waals surface area contributed by atoms with Gasteiger partial charge in [0.2, 0.25) is 6.04 Å². The van der Waals surface area contributed by atoms with E-state index in [-0.39, 0.29) is 11.5 Å². The molecule has 0 amide bonds. The van der Waals surface area contributed by atoms with Crippen molar-refractivity contribution in [3.63, 3.8) is 0 Å². The molecule has 0 aromatic rings. The molecule has 132 valence electrons. The standard InChI is InChI=1S/C18H37NO3/c1-2-3-4-5-6-7-8-9-10-11-12-13-14-15-16-18(17-20)19(21)22/h18,20H,2-17H2,1H3. The van der Waals surface area contributed by atoms with Gasteiger partial charge in [-0.05, 0) is 6.42 Å². The van der Waals surface area contributed by atoms with Gasteiger partial charge in [-0.25, -0.2) is 0 Å². The van der Waals surface area contributed by atoms with Crippen molar-refractivity contribution in [3.05, 3.63) is 10.1 Å². The van der Waals surface area contributed by atoms with Crippen LogP contribution in [-0.2, 0) is 0 Å². The Kier molecular flexibility index (Phi) is 16.2. The van der Waals surface area contributed by atoms with E-state index in [0.29, 0.717) is 6.42 Å². The second-order valence-corrected chi connectivity index (χ2v) is 6.51. The molecule has 0 aliphatic heterocycles. The molecule has 4 heteroatoms. The van der Waals surface area contributed by atoms with Gasteiger partial charge in [0.25, 0.3) is 0 Å². The quantitative estimate of drug-likeness (QED) is 0.219. The van der Waals surface area contributed by atoms with Crippen molar-refractivity contribution < 1.29 is 10.0 Å². The lowest BCUT2D eigenvalue weighted by Crippen LogP contribution is -2.23. The van der Waals surface area contributed by atoms with E-state index in [1.165, 1.54) is 77.0 Å². The molecule has 0 aromatic heterocycles. The van der Waals surface area contributed by atoms with E-state index in [1.54, 1.807) is 0 Å². The Labute approximate surface area is 136 Å². The highest BCUT2D eigenvalue weighted by Crippen LogP contribution is 2.14. The lowest BCUT2D eigenvalue weighted by atomic mass is 10.0. The summed E-state index contributed by atoms with van der Waals surface area (Å²) in [5.74, 6) is 0. The van der Waals surface area contributed by atoms with Crippen LogP contribution in [-0.4, -0.2) is 22.7 Å². The van der Waals surface area contributed by atoms with Crippen LogP contribution in [0, 0.1) is 10.1 Å². The zero-order valence-electron chi connectivity index (χ0n) is 14.6. The Bertz CT molecular complexity index is 246. The molecule has 1 N–H and O–H groups in total. The molecule has 0 spiro atoms. The van der Waals surface area contributed by atoms with Crippen LogP contribution in [0.15, 0.2) is 0 Å². The molecular weight excluding hydrogens is 278 g/mol. The average molecular weight is 315 g/mol. The summed E-state index contributed by atoms with van der Waals surface area (Å²) in [6.45, 7) is 1.93. The fourth-order valence-electron chi connectivity index (χ4n) is 2.84. The molecule has 0 heterocycles. The summed E-state index contributed by atoms with van der Waals surface area (Å²) in [5, 5.41) is 19.4. The molecule has 0 fully saturated rings. The van der Waals surface area contributed by atoms with Gasteiger partial charge in [0.05, 0.1) is 0 Å². The van der Waals surface area contributed by atoms with Crippen LogP contribution >= 0.6 is 0 Å². The summed E-state index contributed by atoms with van der Waals surface area (Å²) >= 11 is 0. The van der Waals surface area contributed by atoms with E-state index in [9.17, 15) is 10.1 Å². The van der Waals surface area contributed by atoms with Crippen molar-refractivity contribution in [2.24, 2.45) is 0 Å². The highest BCUT2D eigenvalue weighted by molar-refractivity contribution is 4.55. The minimum atomic E-state index is -0.752. The maximum absolute atomic E-state index is 10.5. The van der Waals surface area contributed by atoms with Crippen molar-refractivity contribution in [1.82, 2.24) is 0 Å². The van der Waals surface area contributed by atoms with Gasteiger partial charge in [-0.3, -0.25) is 10.1 Å². The molecule has 0 saturated heterocycles. The van der Waals surface area contributed by atoms with Gasteiger partial charge in [-0.2, -0.15) is 0 Å². The number of hydrogen-bond donors (Lipinski definition) is 1. The zero-order valence-corrected chi connectivity index (χ0v) is 14.6. The molecule has 0 rings (SSSR count). The van der Waals surface area contributed by atoms with Crippen molar-refractivity contribution in [2.45, 2.75) is 109 Å². The maximum atomic E-state index is 10.5. The summed E-state index contributed by atoms with van der Waals surface area (Å²) in [5.41, 5.74) is 0. The topological polar surface area (TPSA) is 63.4 Å². The molecule has 0 aliphatic carbocycles. The first-order valence-electron chi connectivity index (χ1n) is 9.46. The first-order chi connectivity index (χ1) is 10.7.